The molecular formula is C15H17F2NO3. The van der Waals surface area contributed by atoms with Crippen LogP contribution in [0.4, 0.5) is 8.78 Å². The predicted octanol–water partition coefficient (Wildman–Crippen LogP) is 2.93. The number of aromatic carboxylic acids is 1. The van der Waals surface area contributed by atoms with Gasteiger partial charge in [-0.05, 0) is 30.9 Å². The van der Waals surface area contributed by atoms with Crippen LogP contribution >= 0.6 is 0 Å². The van der Waals surface area contributed by atoms with Gasteiger partial charge in [-0.2, -0.15) is 0 Å². The van der Waals surface area contributed by atoms with Gasteiger partial charge < -0.3 is 10.0 Å². The molecule has 0 bridgehead atoms. The standard InChI is InChI=1S/C15H17F2NO3/c1-2-9-3-5-18(6-4-9)14(19)10-7-12(16)13(17)8-11(10)15(20)21/h7-9H,2-6H2,1H3,(H,20,21). The molecule has 1 amide bonds. The molecule has 1 saturated heterocycles. The Kier molecular flexibility index (Phi) is 4.55. The first-order valence-corrected chi connectivity index (χ1v) is 6.95. The Balaban J connectivity index is 2.27. The van der Waals surface area contributed by atoms with Gasteiger partial charge in [0.15, 0.2) is 11.6 Å². The van der Waals surface area contributed by atoms with Gasteiger partial charge in [0.25, 0.3) is 5.91 Å². The van der Waals surface area contributed by atoms with Crippen molar-refractivity contribution >= 4 is 11.9 Å². The van der Waals surface area contributed by atoms with E-state index in [0.29, 0.717) is 31.1 Å². The van der Waals surface area contributed by atoms with Crippen molar-refractivity contribution in [3.8, 4) is 0 Å². The van der Waals surface area contributed by atoms with E-state index >= 15 is 0 Å². The first kappa shape index (κ1) is 15.4. The van der Waals surface area contributed by atoms with Crippen molar-refractivity contribution in [3.05, 3.63) is 34.9 Å². The summed E-state index contributed by atoms with van der Waals surface area (Å²) in [6, 6.07) is 1.23. The van der Waals surface area contributed by atoms with E-state index in [2.05, 4.69) is 6.92 Å². The van der Waals surface area contributed by atoms with Crippen LogP contribution in [-0.4, -0.2) is 35.0 Å². The number of benzene rings is 1. The first-order valence-electron chi connectivity index (χ1n) is 6.95. The van der Waals surface area contributed by atoms with Gasteiger partial charge in [-0.1, -0.05) is 13.3 Å². The van der Waals surface area contributed by atoms with E-state index in [1.807, 2.05) is 0 Å². The number of likely N-dealkylation sites (tertiary alicyclic amines) is 1. The van der Waals surface area contributed by atoms with Crippen LogP contribution < -0.4 is 0 Å². The van der Waals surface area contributed by atoms with Crippen LogP contribution in [0.3, 0.4) is 0 Å². The van der Waals surface area contributed by atoms with E-state index in [9.17, 15) is 18.4 Å². The van der Waals surface area contributed by atoms with E-state index in [1.165, 1.54) is 4.90 Å². The Morgan fingerprint density at radius 1 is 1.19 bits per heavy atom. The Morgan fingerprint density at radius 2 is 1.71 bits per heavy atom. The van der Waals surface area contributed by atoms with Gasteiger partial charge >= 0.3 is 5.97 Å². The molecule has 21 heavy (non-hydrogen) atoms. The Hall–Kier alpha value is -1.98. The SMILES string of the molecule is CCC1CCN(C(=O)c2cc(F)c(F)cc2C(=O)O)CC1. The van der Waals surface area contributed by atoms with Gasteiger partial charge in [0, 0.05) is 13.1 Å². The number of hydrogen-bond acceptors (Lipinski definition) is 2. The molecule has 2 rings (SSSR count). The van der Waals surface area contributed by atoms with Crippen LogP contribution in [0.25, 0.3) is 0 Å². The first-order chi connectivity index (χ1) is 9.93. The van der Waals surface area contributed by atoms with Crippen molar-refractivity contribution in [2.24, 2.45) is 5.92 Å². The zero-order chi connectivity index (χ0) is 15.6. The summed E-state index contributed by atoms with van der Waals surface area (Å²) in [5.41, 5.74) is -0.798. The average Bonchev–Trinajstić information content (AvgIpc) is 2.48. The van der Waals surface area contributed by atoms with Crippen LogP contribution in [0, 0.1) is 17.6 Å². The smallest absolute Gasteiger partial charge is 0.336 e. The van der Waals surface area contributed by atoms with Crippen molar-refractivity contribution in [2.45, 2.75) is 26.2 Å². The molecule has 114 valence electrons. The highest BCUT2D eigenvalue weighted by molar-refractivity contribution is 6.04. The number of rotatable bonds is 3. The molecule has 0 aliphatic carbocycles. The van der Waals surface area contributed by atoms with Gasteiger partial charge in [-0.15, -0.1) is 0 Å². The van der Waals surface area contributed by atoms with Crippen LogP contribution in [0.2, 0.25) is 0 Å². The molecule has 1 fully saturated rings. The third-order valence-corrected chi connectivity index (χ3v) is 4.00. The molecule has 1 N–H and O–H groups in total. The van der Waals surface area contributed by atoms with Gasteiger partial charge in [0.1, 0.15) is 0 Å². The lowest BCUT2D eigenvalue weighted by atomic mass is 9.93. The number of carboxylic acid groups (broad SMARTS) is 1. The van der Waals surface area contributed by atoms with Gasteiger partial charge in [0.05, 0.1) is 11.1 Å². The quantitative estimate of drug-likeness (QED) is 0.933. The second-order valence-corrected chi connectivity index (χ2v) is 5.26. The Bertz CT molecular complexity index is 566. The number of carbonyl (C=O) groups is 2. The minimum absolute atomic E-state index is 0.295. The van der Waals surface area contributed by atoms with Gasteiger partial charge in [-0.25, -0.2) is 13.6 Å². The second-order valence-electron chi connectivity index (χ2n) is 5.26. The van der Waals surface area contributed by atoms with Crippen molar-refractivity contribution in [1.29, 1.82) is 0 Å². The maximum absolute atomic E-state index is 13.3. The normalized spacial score (nSPS) is 16.0. The Labute approximate surface area is 121 Å². The summed E-state index contributed by atoms with van der Waals surface area (Å²) in [6.45, 7) is 3.10. The molecule has 0 atom stereocenters. The van der Waals surface area contributed by atoms with E-state index in [-0.39, 0.29) is 5.56 Å². The summed E-state index contributed by atoms with van der Waals surface area (Å²) in [5.74, 6) is -3.93. The molecule has 6 heteroatoms. The summed E-state index contributed by atoms with van der Waals surface area (Å²) in [4.78, 5) is 25.0. The monoisotopic (exact) mass is 297 g/mol. The Morgan fingerprint density at radius 3 is 2.19 bits per heavy atom. The fourth-order valence-corrected chi connectivity index (χ4v) is 2.62. The molecule has 0 saturated carbocycles. The van der Waals surface area contributed by atoms with E-state index < -0.39 is 29.1 Å². The van der Waals surface area contributed by atoms with Crippen molar-refractivity contribution in [3.63, 3.8) is 0 Å². The number of halogens is 2. The third kappa shape index (κ3) is 3.20. The summed E-state index contributed by atoms with van der Waals surface area (Å²) >= 11 is 0. The molecule has 0 spiro atoms. The number of carbonyl (C=O) groups excluding carboxylic acids is 1. The fourth-order valence-electron chi connectivity index (χ4n) is 2.62. The van der Waals surface area contributed by atoms with Crippen LogP contribution in [-0.2, 0) is 0 Å². The molecule has 1 aromatic carbocycles. The second kappa shape index (κ2) is 6.20. The van der Waals surface area contributed by atoms with Crippen molar-refractivity contribution < 1.29 is 23.5 Å². The molecule has 4 nitrogen and oxygen atoms in total. The van der Waals surface area contributed by atoms with Gasteiger partial charge in [-0.3, -0.25) is 4.79 Å². The van der Waals surface area contributed by atoms with Crippen molar-refractivity contribution in [1.82, 2.24) is 4.90 Å². The molecular weight excluding hydrogens is 280 g/mol. The summed E-state index contributed by atoms with van der Waals surface area (Å²) in [6.07, 6.45) is 2.72. The molecule has 0 aromatic heterocycles. The highest BCUT2D eigenvalue weighted by atomic mass is 19.2. The lowest BCUT2D eigenvalue weighted by Crippen LogP contribution is -2.39. The highest BCUT2D eigenvalue weighted by Gasteiger charge is 2.27. The summed E-state index contributed by atoms with van der Waals surface area (Å²) < 4.78 is 26.5. The third-order valence-electron chi connectivity index (χ3n) is 4.00. The van der Waals surface area contributed by atoms with E-state index in [0.717, 1.165) is 19.3 Å². The lowest BCUT2D eigenvalue weighted by Gasteiger charge is -2.31. The van der Waals surface area contributed by atoms with E-state index in [1.54, 1.807) is 0 Å². The number of carboxylic acids is 1. The minimum Gasteiger partial charge on any atom is -0.478 e. The highest BCUT2D eigenvalue weighted by Crippen LogP contribution is 2.23. The molecule has 0 radical (unpaired) electrons. The number of piperidine rings is 1. The van der Waals surface area contributed by atoms with Crippen LogP contribution in [0.5, 0.6) is 0 Å². The molecule has 0 unspecified atom stereocenters. The van der Waals surface area contributed by atoms with Crippen molar-refractivity contribution in [2.75, 3.05) is 13.1 Å². The largest absolute Gasteiger partial charge is 0.478 e. The topological polar surface area (TPSA) is 57.6 Å². The fraction of sp³-hybridized carbons (Fsp3) is 0.467. The van der Waals surface area contributed by atoms with E-state index in [4.69, 9.17) is 5.11 Å². The average molecular weight is 297 g/mol. The molecule has 1 aromatic rings. The number of amides is 1. The summed E-state index contributed by atoms with van der Waals surface area (Å²) in [5, 5.41) is 9.05. The minimum atomic E-state index is -1.44. The zero-order valence-electron chi connectivity index (χ0n) is 11.7. The molecule has 1 heterocycles. The lowest BCUT2D eigenvalue weighted by molar-refractivity contribution is 0.0649. The molecule has 1 aliphatic heterocycles. The van der Waals surface area contributed by atoms with Crippen LogP contribution in [0.15, 0.2) is 12.1 Å². The van der Waals surface area contributed by atoms with Crippen LogP contribution in [0.1, 0.15) is 46.9 Å². The number of hydrogen-bond donors (Lipinski definition) is 1. The maximum atomic E-state index is 13.3. The number of nitrogens with zero attached hydrogens (tertiary/aromatic N) is 1. The van der Waals surface area contributed by atoms with Gasteiger partial charge in [0.2, 0.25) is 0 Å². The summed E-state index contributed by atoms with van der Waals surface area (Å²) in [7, 11) is 0. The maximum Gasteiger partial charge on any atom is 0.336 e. The molecule has 1 aliphatic rings. The predicted molar refractivity (Wildman–Crippen MR) is 72.2 cm³/mol. The zero-order valence-corrected chi connectivity index (χ0v) is 11.7.